The number of nitrogens with zero attached hydrogens (tertiary/aromatic N) is 1. The molecular formula is C16H22N2O3. The number of rotatable bonds is 7. The summed E-state index contributed by atoms with van der Waals surface area (Å²) in [6.07, 6.45) is 1.42. The van der Waals surface area contributed by atoms with Crippen LogP contribution in [0, 0.1) is 11.3 Å². The van der Waals surface area contributed by atoms with Crippen LogP contribution < -0.4 is 10.1 Å². The maximum atomic E-state index is 12.4. The van der Waals surface area contributed by atoms with E-state index in [2.05, 4.69) is 5.32 Å². The Kier molecular flexibility index (Phi) is 6.19. The molecule has 0 aliphatic rings. The molecule has 5 nitrogen and oxygen atoms in total. The maximum Gasteiger partial charge on any atom is 0.256 e. The second-order valence-corrected chi connectivity index (χ2v) is 4.91. The second kappa shape index (κ2) is 7.65. The van der Waals surface area contributed by atoms with Gasteiger partial charge in [-0.1, -0.05) is 13.8 Å². The minimum atomic E-state index is -0.872. The molecule has 21 heavy (non-hydrogen) atoms. The quantitative estimate of drug-likeness (QED) is 0.837. The molecular weight excluding hydrogens is 268 g/mol. The van der Waals surface area contributed by atoms with E-state index in [-0.39, 0.29) is 5.91 Å². The van der Waals surface area contributed by atoms with E-state index in [9.17, 15) is 4.79 Å². The molecule has 0 saturated carbocycles. The molecule has 0 fully saturated rings. The van der Waals surface area contributed by atoms with Gasteiger partial charge >= 0.3 is 0 Å². The van der Waals surface area contributed by atoms with Crippen LogP contribution in [-0.4, -0.2) is 25.2 Å². The van der Waals surface area contributed by atoms with Crippen molar-refractivity contribution in [1.82, 2.24) is 0 Å². The summed E-state index contributed by atoms with van der Waals surface area (Å²) in [5.41, 5.74) is 0.0584. The Morgan fingerprint density at radius 2 is 2.14 bits per heavy atom. The second-order valence-electron chi connectivity index (χ2n) is 4.91. The van der Waals surface area contributed by atoms with E-state index in [1.54, 1.807) is 25.1 Å². The van der Waals surface area contributed by atoms with Crippen molar-refractivity contribution < 1.29 is 14.3 Å². The molecule has 0 heterocycles. The van der Waals surface area contributed by atoms with Gasteiger partial charge in [-0.2, -0.15) is 5.26 Å². The first kappa shape index (κ1) is 17.0. The van der Waals surface area contributed by atoms with Gasteiger partial charge in [-0.25, -0.2) is 0 Å². The van der Waals surface area contributed by atoms with Crippen LogP contribution in [0.3, 0.4) is 0 Å². The Morgan fingerprint density at radius 1 is 1.43 bits per heavy atom. The number of amides is 1. The lowest BCUT2D eigenvalue weighted by Crippen LogP contribution is -2.42. The summed E-state index contributed by atoms with van der Waals surface area (Å²) in [4.78, 5) is 12.4. The molecule has 0 unspecified atom stereocenters. The van der Waals surface area contributed by atoms with Crippen LogP contribution in [0.1, 0.15) is 39.2 Å². The number of benzene rings is 1. The minimum absolute atomic E-state index is 0.215. The molecule has 0 aliphatic carbocycles. The molecule has 0 saturated heterocycles. The molecule has 0 bridgehead atoms. The lowest BCUT2D eigenvalue weighted by molar-refractivity contribution is -0.139. The van der Waals surface area contributed by atoms with E-state index in [0.717, 1.165) is 6.42 Å². The highest BCUT2D eigenvalue weighted by molar-refractivity contribution is 5.97. The van der Waals surface area contributed by atoms with Crippen LogP contribution in [0.5, 0.6) is 5.75 Å². The zero-order valence-corrected chi connectivity index (χ0v) is 13.0. The number of nitriles is 1. The Bertz CT molecular complexity index is 537. The van der Waals surface area contributed by atoms with E-state index in [0.29, 0.717) is 30.0 Å². The summed E-state index contributed by atoms with van der Waals surface area (Å²) in [7, 11) is 1.50. The van der Waals surface area contributed by atoms with Gasteiger partial charge in [0.25, 0.3) is 5.91 Å². The van der Waals surface area contributed by atoms with Crippen molar-refractivity contribution in [2.24, 2.45) is 0 Å². The topological polar surface area (TPSA) is 71.3 Å². The Hall–Kier alpha value is -2.06. The van der Waals surface area contributed by atoms with Gasteiger partial charge in [0.15, 0.2) is 0 Å². The van der Waals surface area contributed by atoms with E-state index in [1.165, 1.54) is 7.11 Å². The average molecular weight is 290 g/mol. The number of ether oxygens (including phenoxy) is 2. The number of methoxy groups -OCH3 is 1. The molecule has 0 aromatic heterocycles. The predicted octanol–water partition coefficient (Wildman–Crippen LogP) is 3.10. The molecule has 1 atom stereocenters. The lowest BCUT2D eigenvalue weighted by atomic mass is 10.0. The number of nitrogens with one attached hydrogen (secondary N) is 1. The van der Waals surface area contributed by atoms with Crippen molar-refractivity contribution in [3.63, 3.8) is 0 Å². The van der Waals surface area contributed by atoms with Gasteiger partial charge in [0.2, 0.25) is 0 Å². The smallest absolute Gasteiger partial charge is 0.256 e. The third-order valence-corrected chi connectivity index (χ3v) is 3.36. The molecule has 1 amide bonds. The average Bonchev–Trinajstić information content (AvgIpc) is 2.52. The summed E-state index contributed by atoms with van der Waals surface area (Å²) in [6.45, 7) is 6.21. The van der Waals surface area contributed by atoms with Crippen molar-refractivity contribution in [2.45, 2.75) is 39.2 Å². The number of anilines is 1. The highest BCUT2D eigenvalue weighted by atomic mass is 16.5. The molecule has 0 spiro atoms. The lowest BCUT2D eigenvalue weighted by Gasteiger charge is -2.27. The molecule has 1 aromatic rings. The highest BCUT2D eigenvalue weighted by Gasteiger charge is 2.32. The number of carbonyl (C=O) groups is 1. The maximum absolute atomic E-state index is 12.4. The number of hydrogen-bond donors (Lipinski definition) is 1. The highest BCUT2D eigenvalue weighted by Crippen LogP contribution is 2.24. The SMILES string of the molecule is CCCO[C@@](C)(CC)C(=O)Nc1ccc(OC)c(C#N)c1. The molecule has 0 radical (unpaired) electrons. The van der Waals surface area contributed by atoms with Crippen molar-refractivity contribution in [2.75, 3.05) is 19.0 Å². The van der Waals surface area contributed by atoms with Gasteiger partial charge in [0, 0.05) is 12.3 Å². The number of hydrogen-bond acceptors (Lipinski definition) is 4. The first-order valence-electron chi connectivity index (χ1n) is 7.04. The van der Waals surface area contributed by atoms with Crippen LogP contribution in [0.25, 0.3) is 0 Å². The van der Waals surface area contributed by atoms with Gasteiger partial charge in [0.1, 0.15) is 17.4 Å². The Balaban J connectivity index is 2.89. The van der Waals surface area contributed by atoms with Gasteiger partial charge in [0.05, 0.1) is 12.7 Å². The van der Waals surface area contributed by atoms with Crippen LogP contribution in [-0.2, 0) is 9.53 Å². The summed E-state index contributed by atoms with van der Waals surface area (Å²) in [6, 6.07) is 6.99. The van der Waals surface area contributed by atoms with Crippen molar-refractivity contribution in [1.29, 1.82) is 5.26 Å². The van der Waals surface area contributed by atoms with Crippen LogP contribution in [0.4, 0.5) is 5.69 Å². The van der Waals surface area contributed by atoms with Crippen molar-refractivity contribution in [3.05, 3.63) is 23.8 Å². The van der Waals surface area contributed by atoms with E-state index < -0.39 is 5.60 Å². The van der Waals surface area contributed by atoms with Crippen LogP contribution in [0.15, 0.2) is 18.2 Å². The van der Waals surface area contributed by atoms with E-state index in [1.807, 2.05) is 19.9 Å². The van der Waals surface area contributed by atoms with Gasteiger partial charge in [-0.05, 0) is 38.0 Å². The van der Waals surface area contributed by atoms with Crippen molar-refractivity contribution in [3.8, 4) is 11.8 Å². The summed E-state index contributed by atoms with van der Waals surface area (Å²) in [5.74, 6) is 0.267. The molecule has 5 heteroatoms. The van der Waals surface area contributed by atoms with E-state index >= 15 is 0 Å². The summed E-state index contributed by atoms with van der Waals surface area (Å²) < 4.78 is 10.7. The molecule has 114 valence electrons. The fraction of sp³-hybridized carbons (Fsp3) is 0.500. The largest absolute Gasteiger partial charge is 0.495 e. The Morgan fingerprint density at radius 3 is 2.67 bits per heavy atom. The standard InChI is InChI=1S/C16H22N2O3/c1-5-9-21-16(3,6-2)15(19)18-13-7-8-14(20-4)12(10-13)11-17/h7-8,10H,5-6,9H2,1-4H3,(H,18,19)/t16-/m0/s1. The van der Waals surface area contributed by atoms with Crippen LogP contribution >= 0.6 is 0 Å². The summed E-state index contributed by atoms with van der Waals surface area (Å²) >= 11 is 0. The van der Waals surface area contributed by atoms with Crippen LogP contribution in [0.2, 0.25) is 0 Å². The van der Waals surface area contributed by atoms with Gasteiger partial charge in [-0.15, -0.1) is 0 Å². The first-order valence-corrected chi connectivity index (χ1v) is 7.04. The van der Waals surface area contributed by atoms with E-state index in [4.69, 9.17) is 14.7 Å². The monoisotopic (exact) mass is 290 g/mol. The number of carbonyl (C=O) groups excluding carboxylic acids is 1. The molecule has 0 aliphatic heterocycles. The van der Waals surface area contributed by atoms with Crippen molar-refractivity contribution >= 4 is 11.6 Å². The zero-order chi connectivity index (χ0) is 15.9. The molecule has 1 rings (SSSR count). The van der Waals surface area contributed by atoms with Gasteiger partial charge < -0.3 is 14.8 Å². The molecule has 1 N–H and O–H groups in total. The zero-order valence-electron chi connectivity index (χ0n) is 13.0. The Labute approximate surface area is 125 Å². The fourth-order valence-electron chi connectivity index (χ4n) is 1.79. The normalized spacial score (nSPS) is 13.1. The first-order chi connectivity index (χ1) is 10.0. The fourth-order valence-corrected chi connectivity index (χ4v) is 1.79. The predicted molar refractivity (Wildman–Crippen MR) is 81.3 cm³/mol. The third-order valence-electron chi connectivity index (χ3n) is 3.36. The van der Waals surface area contributed by atoms with Gasteiger partial charge in [-0.3, -0.25) is 4.79 Å². The third kappa shape index (κ3) is 4.20. The summed E-state index contributed by atoms with van der Waals surface area (Å²) in [5, 5.41) is 11.9. The minimum Gasteiger partial charge on any atom is -0.495 e. The molecule has 1 aromatic carbocycles.